The summed E-state index contributed by atoms with van der Waals surface area (Å²) < 4.78 is 5.26. The zero-order valence-electron chi connectivity index (χ0n) is 24.0. The summed E-state index contributed by atoms with van der Waals surface area (Å²) in [7, 11) is 0. The normalized spacial score (nSPS) is 13.0. The number of hydrogen-bond acceptors (Lipinski definition) is 5. The topological polar surface area (TPSA) is 83.8 Å². The number of Topliss-reactive ketones (excluding diaryl/α,β-unsaturated/α-hetero) is 1. The van der Waals surface area contributed by atoms with E-state index in [9.17, 15) is 19.8 Å². The molecule has 0 radical (unpaired) electrons. The Labute approximate surface area is 223 Å². The van der Waals surface area contributed by atoms with Gasteiger partial charge in [0.15, 0.2) is 11.9 Å². The van der Waals surface area contributed by atoms with Crippen LogP contribution in [-0.4, -0.2) is 40.8 Å². The van der Waals surface area contributed by atoms with Crippen LogP contribution in [-0.2, 0) is 14.3 Å². The number of carbonyl (C=O) groups is 2. The van der Waals surface area contributed by atoms with E-state index in [1.165, 1.54) is 89.9 Å². The second kappa shape index (κ2) is 27.1. The van der Waals surface area contributed by atoms with E-state index in [4.69, 9.17) is 4.74 Å². The first-order chi connectivity index (χ1) is 17.6. The fourth-order valence-electron chi connectivity index (χ4n) is 4.69. The summed E-state index contributed by atoms with van der Waals surface area (Å²) in [5, 5.41) is 19.2. The molecular weight excluding hydrogens is 452 g/mol. The Morgan fingerprint density at radius 2 is 0.889 bits per heavy atom. The third-order valence-corrected chi connectivity index (χ3v) is 7.12. The molecule has 0 aromatic carbocycles. The second-order valence-electron chi connectivity index (χ2n) is 10.7. The Kier molecular flexibility index (Phi) is 26.4. The highest BCUT2D eigenvalue weighted by atomic mass is 16.6. The van der Waals surface area contributed by atoms with Crippen LogP contribution >= 0.6 is 0 Å². The summed E-state index contributed by atoms with van der Waals surface area (Å²) in [6, 6.07) is 0. The fraction of sp³-hybridized carbons (Fsp3) is 0.935. The minimum atomic E-state index is -1.34. The van der Waals surface area contributed by atoms with Gasteiger partial charge in [-0.15, -0.1) is 0 Å². The van der Waals surface area contributed by atoms with Gasteiger partial charge < -0.3 is 14.9 Å². The summed E-state index contributed by atoms with van der Waals surface area (Å²) in [5.41, 5.74) is 0. The summed E-state index contributed by atoms with van der Waals surface area (Å²) in [4.78, 5) is 24.6. The number of aliphatic hydroxyl groups excluding tert-OH is 2. The zero-order chi connectivity index (χ0) is 26.7. The molecule has 0 spiro atoms. The highest BCUT2D eigenvalue weighted by Crippen LogP contribution is 2.16. The minimum Gasteiger partial charge on any atom is -0.451 e. The van der Waals surface area contributed by atoms with Gasteiger partial charge in [-0.2, -0.15) is 0 Å². The van der Waals surface area contributed by atoms with Crippen molar-refractivity contribution in [1.29, 1.82) is 0 Å². The van der Waals surface area contributed by atoms with Crippen LogP contribution in [0.1, 0.15) is 168 Å². The average molecular weight is 513 g/mol. The first-order valence-electron chi connectivity index (χ1n) is 15.6. The molecular formula is C31H60O5. The van der Waals surface area contributed by atoms with E-state index >= 15 is 0 Å². The highest BCUT2D eigenvalue weighted by molar-refractivity contribution is 5.86. The van der Waals surface area contributed by atoms with Gasteiger partial charge in [-0.25, -0.2) is 0 Å². The van der Waals surface area contributed by atoms with Crippen LogP contribution in [0.15, 0.2) is 0 Å². The lowest BCUT2D eigenvalue weighted by Gasteiger charge is -2.20. The highest BCUT2D eigenvalue weighted by Gasteiger charge is 2.29. The van der Waals surface area contributed by atoms with E-state index in [2.05, 4.69) is 13.8 Å². The van der Waals surface area contributed by atoms with E-state index in [0.29, 0.717) is 0 Å². The molecule has 0 aromatic heterocycles. The Hall–Kier alpha value is -0.940. The van der Waals surface area contributed by atoms with E-state index in [-0.39, 0.29) is 18.6 Å². The number of ketones is 1. The molecule has 2 unspecified atom stereocenters. The van der Waals surface area contributed by atoms with Gasteiger partial charge in [-0.05, 0) is 12.8 Å². The van der Waals surface area contributed by atoms with Crippen LogP contribution in [0.3, 0.4) is 0 Å². The maximum atomic E-state index is 12.5. The molecule has 0 rings (SSSR count). The monoisotopic (exact) mass is 512 g/mol. The molecule has 5 nitrogen and oxygen atoms in total. The van der Waals surface area contributed by atoms with Crippen molar-refractivity contribution in [2.45, 2.75) is 180 Å². The van der Waals surface area contributed by atoms with Gasteiger partial charge in [0.05, 0.1) is 6.61 Å². The Morgan fingerprint density at radius 3 is 1.25 bits per heavy atom. The van der Waals surface area contributed by atoms with Crippen molar-refractivity contribution in [2.24, 2.45) is 0 Å². The quantitative estimate of drug-likeness (QED) is 0.0814. The number of aliphatic hydroxyl groups is 2. The Bertz CT molecular complexity index is 493. The van der Waals surface area contributed by atoms with Crippen LogP contribution in [0, 0.1) is 0 Å². The van der Waals surface area contributed by atoms with Gasteiger partial charge in [0, 0.05) is 12.8 Å². The molecule has 0 heterocycles. The predicted molar refractivity (Wildman–Crippen MR) is 150 cm³/mol. The lowest BCUT2D eigenvalue weighted by molar-refractivity contribution is -0.163. The van der Waals surface area contributed by atoms with Crippen LogP contribution < -0.4 is 0 Å². The van der Waals surface area contributed by atoms with Gasteiger partial charge in [0.2, 0.25) is 0 Å². The molecule has 0 aliphatic heterocycles. The van der Waals surface area contributed by atoms with Crippen LogP contribution in [0.2, 0.25) is 0 Å². The lowest BCUT2D eigenvalue weighted by atomic mass is 10.0. The third-order valence-electron chi connectivity index (χ3n) is 7.12. The molecule has 0 bridgehead atoms. The van der Waals surface area contributed by atoms with Crippen LogP contribution in [0.4, 0.5) is 0 Å². The van der Waals surface area contributed by atoms with E-state index < -0.39 is 24.8 Å². The summed E-state index contributed by atoms with van der Waals surface area (Å²) in [6.07, 6.45) is 24.8. The number of carbonyl (C=O) groups excluding carboxylic acids is 2. The van der Waals surface area contributed by atoms with Gasteiger partial charge in [-0.3, -0.25) is 9.59 Å². The average Bonchev–Trinajstić information content (AvgIpc) is 2.88. The van der Waals surface area contributed by atoms with Crippen molar-refractivity contribution in [1.82, 2.24) is 0 Å². The van der Waals surface area contributed by atoms with Gasteiger partial charge in [0.25, 0.3) is 0 Å². The lowest BCUT2D eigenvalue weighted by Crippen LogP contribution is -2.40. The molecule has 0 aliphatic rings. The van der Waals surface area contributed by atoms with Crippen molar-refractivity contribution >= 4 is 11.8 Å². The molecule has 0 fully saturated rings. The summed E-state index contributed by atoms with van der Waals surface area (Å²) >= 11 is 0. The largest absolute Gasteiger partial charge is 0.451 e. The smallest absolute Gasteiger partial charge is 0.306 e. The molecule has 0 amide bonds. The van der Waals surface area contributed by atoms with Crippen molar-refractivity contribution in [2.75, 3.05) is 6.61 Å². The van der Waals surface area contributed by atoms with Crippen molar-refractivity contribution in [3.63, 3.8) is 0 Å². The van der Waals surface area contributed by atoms with Gasteiger partial charge in [-0.1, -0.05) is 142 Å². The molecule has 0 aromatic rings. The van der Waals surface area contributed by atoms with Crippen molar-refractivity contribution < 1.29 is 24.5 Å². The summed E-state index contributed by atoms with van der Waals surface area (Å²) in [5.74, 6) is -0.739. The Morgan fingerprint density at radius 1 is 0.556 bits per heavy atom. The van der Waals surface area contributed by atoms with E-state index in [0.717, 1.165) is 51.4 Å². The van der Waals surface area contributed by atoms with Crippen LogP contribution in [0.5, 0.6) is 0 Å². The van der Waals surface area contributed by atoms with Gasteiger partial charge in [0.1, 0.15) is 6.10 Å². The molecule has 0 saturated carbocycles. The predicted octanol–water partition coefficient (Wildman–Crippen LogP) is 8.22. The van der Waals surface area contributed by atoms with Crippen molar-refractivity contribution in [3.8, 4) is 0 Å². The first kappa shape index (κ1) is 35.1. The number of rotatable bonds is 28. The second-order valence-corrected chi connectivity index (χ2v) is 10.7. The number of unbranched alkanes of at least 4 members (excludes halogenated alkanes) is 20. The number of esters is 1. The first-order valence-corrected chi connectivity index (χ1v) is 15.6. The number of ether oxygens (including phenoxy) is 1. The maximum absolute atomic E-state index is 12.5. The van der Waals surface area contributed by atoms with E-state index in [1.54, 1.807) is 0 Å². The SMILES string of the molecule is CCCCCCCCCCCCCCCCCCCC(=O)C(OC(=O)CCCCCCC)C(O)CO. The Balaban J connectivity index is 3.72. The molecule has 2 N–H and O–H groups in total. The minimum absolute atomic E-state index is 0.255. The van der Waals surface area contributed by atoms with Crippen molar-refractivity contribution in [3.05, 3.63) is 0 Å². The number of hydrogen-bond donors (Lipinski definition) is 2. The molecule has 214 valence electrons. The maximum Gasteiger partial charge on any atom is 0.306 e. The molecule has 36 heavy (non-hydrogen) atoms. The molecule has 2 atom stereocenters. The molecule has 0 saturated heterocycles. The third kappa shape index (κ3) is 22.3. The van der Waals surface area contributed by atoms with Crippen LogP contribution in [0.25, 0.3) is 0 Å². The fourth-order valence-corrected chi connectivity index (χ4v) is 4.69. The van der Waals surface area contributed by atoms with E-state index in [1.807, 2.05) is 0 Å². The molecule has 0 aliphatic carbocycles. The molecule has 5 heteroatoms. The summed E-state index contributed by atoms with van der Waals surface area (Å²) in [6.45, 7) is 3.82. The standard InChI is InChI=1S/C31H60O5/c1-3-5-7-9-10-11-12-13-14-15-16-17-18-19-20-22-23-25-28(33)31(29(34)27-32)36-30(35)26-24-21-8-6-4-2/h29,31-32,34H,3-27H2,1-2H3. The zero-order valence-corrected chi connectivity index (χ0v) is 24.0. The van der Waals surface area contributed by atoms with Gasteiger partial charge >= 0.3 is 5.97 Å².